The Labute approximate surface area is 114 Å². The summed E-state index contributed by atoms with van der Waals surface area (Å²) in [5.41, 5.74) is 0. The second kappa shape index (κ2) is 16.4. The number of allylic oxidation sites excluding steroid dienone is 2. The van der Waals surface area contributed by atoms with Crippen LogP contribution in [0.25, 0.3) is 0 Å². The Morgan fingerprint density at radius 2 is 1.22 bits per heavy atom. The summed E-state index contributed by atoms with van der Waals surface area (Å²) in [6, 6.07) is 0. The van der Waals surface area contributed by atoms with Gasteiger partial charge < -0.3 is 0 Å². The van der Waals surface area contributed by atoms with Gasteiger partial charge in [-0.25, -0.2) is 0 Å². The molecule has 0 aromatic heterocycles. The monoisotopic (exact) mass is 251 g/mol. The van der Waals surface area contributed by atoms with E-state index in [1.807, 2.05) is 6.29 Å². The van der Waals surface area contributed by atoms with Gasteiger partial charge in [0.05, 0.1) is 0 Å². The van der Waals surface area contributed by atoms with E-state index in [1.54, 1.807) is 0 Å². The zero-order valence-electron chi connectivity index (χ0n) is 12.3. The number of rotatable bonds is 14. The summed E-state index contributed by atoms with van der Waals surface area (Å²) in [5, 5.41) is 0. The Kier molecular flexibility index (Phi) is 15.9. The predicted octanol–water partition coefficient (Wildman–Crippen LogP) is 5.74. The van der Waals surface area contributed by atoms with Crippen molar-refractivity contribution in [2.75, 3.05) is 0 Å². The summed E-state index contributed by atoms with van der Waals surface area (Å²) in [4.78, 5) is 9.99. The number of unbranched alkanes of at least 4 members (excludes halogenated alkanes) is 11. The van der Waals surface area contributed by atoms with Crippen molar-refractivity contribution in [3.05, 3.63) is 12.2 Å². The van der Waals surface area contributed by atoms with Crippen LogP contribution < -0.4 is 0 Å². The number of hydrogen-bond donors (Lipinski definition) is 0. The van der Waals surface area contributed by atoms with Gasteiger partial charge in [0.1, 0.15) is 0 Å². The highest BCUT2D eigenvalue weighted by atomic mass is 16.1. The molecule has 0 saturated heterocycles. The first kappa shape index (κ1) is 17.4. The lowest BCUT2D eigenvalue weighted by atomic mass is 10.1. The van der Waals surface area contributed by atoms with Crippen molar-refractivity contribution < 1.29 is 4.79 Å². The molecule has 0 N–H and O–H groups in total. The summed E-state index contributed by atoms with van der Waals surface area (Å²) < 4.78 is 0. The Hall–Kier alpha value is -0.590. The fourth-order valence-electron chi connectivity index (χ4n) is 2.09. The van der Waals surface area contributed by atoms with Crippen molar-refractivity contribution in [2.24, 2.45) is 0 Å². The smallest absolute Gasteiger partial charge is 0.198 e. The van der Waals surface area contributed by atoms with Gasteiger partial charge in [0.25, 0.3) is 0 Å². The van der Waals surface area contributed by atoms with E-state index in [1.165, 1.54) is 70.6 Å². The lowest BCUT2D eigenvalue weighted by Crippen LogP contribution is -1.81. The van der Waals surface area contributed by atoms with Gasteiger partial charge >= 0.3 is 0 Å². The minimum atomic E-state index is 0.626. The third-order valence-electron chi connectivity index (χ3n) is 3.29. The van der Waals surface area contributed by atoms with Crippen LogP contribution in [0, 0.1) is 0 Å². The molecule has 0 aromatic rings. The van der Waals surface area contributed by atoms with Crippen molar-refractivity contribution in [2.45, 2.75) is 90.4 Å². The standard InChI is InChI=1S/C17H31O/c1-2-3-4-5-6-7-8-9-10-11-12-13-14-15-16-17-18/h7-8H,2-6,9-16H2,1H3/b8-7+. The van der Waals surface area contributed by atoms with Crippen LogP contribution in [0.1, 0.15) is 90.4 Å². The van der Waals surface area contributed by atoms with Crippen molar-refractivity contribution in [3.8, 4) is 0 Å². The Morgan fingerprint density at radius 3 is 1.78 bits per heavy atom. The van der Waals surface area contributed by atoms with Crippen molar-refractivity contribution >= 4 is 6.29 Å². The second-order valence-electron chi connectivity index (χ2n) is 5.13. The first-order chi connectivity index (χ1) is 8.91. The minimum absolute atomic E-state index is 0.626. The molecular weight excluding hydrogens is 220 g/mol. The Balaban J connectivity index is 3.01. The van der Waals surface area contributed by atoms with Gasteiger partial charge in [0.2, 0.25) is 0 Å². The zero-order valence-corrected chi connectivity index (χ0v) is 12.3. The van der Waals surface area contributed by atoms with E-state index in [9.17, 15) is 4.79 Å². The maximum absolute atomic E-state index is 9.99. The van der Waals surface area contributed by atoms with Gasteiger partial charge in [-0.3, -0.25) is 4.79 Å². The average Bonchev–Trinajstić information content (AvgIpc) is 2.39. The fraction of sp³-hybridized carbons (Fsp3) is 0.824. The summed E-state index contributed by atoms with van der Waals surface area (Å²) in [7, 11) is 0. The van der Waals surface area contributed by atoms with Crippen molar-refractivity contribution in [3.63, 3.8) is 0 Å². The number of hydrogen-bond acceptors (Lipinski definition) is 1. The molecule has 1 radical (unpaired) electrons. The van der Waals surface area contributed by atoms with Crippen LogP contribution in [0.3, 0.4) is 0 Å². The predicted molar refractivity (Wildman–Crippen MR) is 80.5 cm³/mol. The largest absolute Gasteiger partial charge is 0.291 e. The summed E-state index contributed by atoms with van der Waals surface area (Å²) in [6.07, 6.45) is 22.8. The summed E-state index contributed by atoms with van der Waals surface area (Å²) >= 11 is 0. The van der Waals surface area contributed by atoms with E-state index in [4.69, 9.17) is 0 Å². The molecule has 105 valence electrons. The number of carbonyl (C=O) groups excluding carboxylic acids is 1. The van der Waals surface area contributed by atoms with Crippen molar-refractivity contribution in [1.29, 1.82) is 0 Å². The summed E-state index contributed by atoms with van der Waals surface area (Å²) in [5.74, 6) is 0. The van der Waals surface area contributed by atoms with Crippen LogP contribution in [0.4, 0.5) is 0 Å². The van der Waals surface area contributed by atoms with Gasteiger partial charge in [-0.15, -0.1) is 0 Å². The first-order valence-electron chi connectivity index (χ1n) is 7.91. The topological polar surface area (TPSA) is 17.1 Å². The molecule has 1 nitrogen and oxygen atoms in total. The molecule has 0 aromatic carbocycles. The average molecular weight is 251 g/mol. The van der Waals surface area contributed by atoms with Crippen LogP contribution in [-0.2, 0) is 4.79 Å². The van der Waals surface area contributed by atoms with Gasteiger partial charge in [0.15, 0.2) is 6.29 Å². The molecule has 0 unspecified atom stereocenters. The lowest BCUT2D eigenvalue weighted by molar-refractivity contribution is 0.541. The zero-order chi connectivity index (χ0) is 13.3. The molecule has 0 fully saturated rings. The van der Waals surface area contributed by atoms with Crippen LogP contribution >= 0.6 is 0 Å². The quantitative estimate of drug-likeness (QED) is 0.284. The second-order valence-corrected chi connectivity index (χ2v) is 5.13. The molecule has 0 aliphatic rings. The molecule has 0 aliphatic carbocycles. The third-order valence-corrected chi connectivity index (χ3v) is 3.29. The highest BCUT2D eigenvalue weighted by Crippen LogP contribution is 2.09. The van der Waals surface area contributed by atoms with E-state index in [0.29, 0.717) is 6.42 Å². The molecule has 0 rings (SSSR count). The van der Waals surface area contributed by atoms with E-state index in [-0.39, 0.29) is 0 Å². The van der Waals surface area contributed by atoms with Gasteiger partial charge in [-0.1, -0.05) is 64.0 Å². The summed E-state index contributed by atoms with van der Waals surface area (Å²) in [6.45, 7) is 2.26. The molecule has 0 amide bonds. The molecule has 0 spiro atoms. The molecule has 0 heterocycles. The Morgan fingerprint density at radius 1 is 0.722 bits per heavy atom. The molecular formula is C17H31O. The highest BCUT2D eigenvalue weighted by Gasteiger charge is 1.90. The highest BCUT2D eigenvalue weighted by molar-refractivity contribution is 5.50. The van der Waals surface area contributed by atoms with Crippen LogP contribution in [0.5, 0.6) is 0 Å². The van der Waals surface area contributed by atoms with Crippen LogP contribution in [0.15, 0.2) is 12.2 Å². The lowest BCUT2D eigenvalue weighted by Gasteiger charge is -1.98. The van der Waals surface area contributed by atoms with Crippen LogP contribution in [0.2, 0.25) is 0 Å². The van der Waals surface area contributed by atoms with E-state index in [2.05, 4.69) is 19.1 Å². The van der Waals surface area contributed by atoms with Gasteiger partial charge in [-0.2, -0.15) is 0 Å². The van der Waals surface area contributed by atoms with Gasteiger partial charge in [-0.05, 0) is 32.1 Å². The van der Waals surface area contributed by atoms with E-state index >= 15 is 0 Å². The SMILES string of the molecule is CCCCCC/C=C/CCCCCCCC[C]=O. The molecule has 0 bridgehead atoms. The van der Waals surface area contributed by atoms with Crippen LogP contribution in [-0.4, -0.2) is 6.29 Å². The van der Waals surface area contributed by atoms with E-state index < -0.39 is 0 Å². The maximum atomic E-state index is 9.99. The molecule has 0 aliphatic heterocycles. The maximum Gasteiger partial charge on any atom is 0.198 e. The van der Waals surface area contributed by atoms with Gasteiger partial charge in [0, 0.05) is 6.42 Å². The Bertz CT molecular complexity index is 184. The fourth-order valence-corrected chi connectivity index (χ4v) is 2.09. The molecule has 1 heteroatoms. The molecule has 18 heavy (non-hydrogen) atoms. The molecule has 0 atom stereocenters. The molecule has 0 saturated carbocycles. The van der Waals surface area contributed by atoms with E-state index in [0.717, 1.165) is 6.42 Å². The normalized spacial score (nSPS) is 11.2. The first-order valence-corrected chi connectivity index (χ1v) is 7.91. The van der Waals surface area contributed by atoms with Crippen molar-refractivity contribution in [1.82, 2.24) is 0 Å². The minimum Gasteiger partial charge on any atom is -0.291 e. The third kappa shape index (κ3) is 15.4.